The third kappa shape index (κ3) is 3.53. The van der Waals surface area contributed by atoms with Crippen molar-refractivity contribution >= 4 is 23.1 Å². The molecule has 1 aliphatic heterocycles. The maximum atomic E-state index is 12.1. The Hall–Kier alpha value is -1.62. The molecular weight excluding hydrogens is 284 g/mol. The molecule has 2 rings (SSSR count). The van der Waals surface area contributed by atoms with Crippen LogP contribution in [0.2, 0.25) is 0 Å². The van der Waals surface area contributed by atoms with Gasteiger partial charge in [0.15, 0.2) is 0 Å². The molecule has 0 aromatic heterocycles. The molecule has 1 fully saturated rings. The molecule has 0 aliphatic carbocycles. The number of methoxy groups -OCH3 is 1. The van der Waals surface area contributed by atoms with E-state index in [0.29, 0.717) is 35.5 Å². The summed E-state index contributed by atoms with van der Waals surface area (Å²) in [6.07, 6.45) is 0.653. The Morgan fingerprint density at radius 3 is 2.76 bits per heavy atom. The number of nitrogens with two attached hydrogens (primary N) is 1. The van der Waals surface area contributed by atoms with Crippen molar-refractivity contribution < 1.29 is 9.53 Å². The summed E-state index contributed by atoms with van der Waals surface area (Å²) in [5.74, 6) is 1.87. The second kappa shape index (κ2) is 6.43. The van der Waals surface area contributed by atoms with Gasteiger partial charge < -0.3 is 15.4 Å². The molecule has 1 aromatic carbocycles. The molecule has 1 atom stereocenters. The number of likely N-dealkylation sites (tertiary alicyclic amines) is 1. The van der Waals surface area contributed by atoms with E-state index in [1.54, 1.807) is 7.11 Å². The summed E-state index contributed by atoms with van der Waals surface area (Å²) < 4.78 is 5.33. The number of ether oxygens (including phenoxy) is 1. The van der Waals surface area contributed by atoms with Crippen LogP contribution in [0.25, 0.3) is 0 Å². The van der Waals surface area contributed by atoms with E-state index in [-0.39, 0.29) is 5.91 Å². The number of nitrogens with zero attached hydrogens (tertiary/aromatic N) is 1. The number of amides is 1. The number of hydrogen-bond acceptors (Lipinski definition) is 3. The molecule has 0 radical (unpaired) electrons. The summed E-state index contributed by atoms with van der Waals surface area (Å²) in [5, 5.41) is 0. The van der Waals surface area contributed by atoms with Crippen molar-refractivity contribution in [1.82, 2.24) is 4.90 Å². The zero-order valence-electron chi connectivity index (χ0n) is 12.8. The van der Waals surface area contributed by atoms with Gasteiger partial charge in [0.2, 0.25) is 5.91 Å². The highest BCUT2D eigenvalue weighted by Crippen LogP contribution is 2.27. The van der Waals surface area contributed by atoms with E-state index in [0.717, 1.165) is 17.7 Å². The molecule has 2 N–H and O–H groups in total. The molecule has 1 amide bonds. The minimum atomic E-state index is 0.228. The Kier molecular flexibility index (Phi) is 4.83. The van der Waals surface area contributed by atoms with Crippen LogP contribution in [0.3, 0.4) is 0 Å². The van der Waals surface area contributed by atoms with Gasteiger partial charge in [-0.15, -0.1) is 0 Å². The summed E-state index contributed by atoms with van der Waals surface area (Å²) in [5.41, 5.74) is 7.42. The minimum absolute atomic E-state index is 0.228. The van der Waals surface area contributed by atoms with Gasteiger partial charge >= 0.3 is 0 Å². The summed E-state index contributed by atoms with van der Waals surface area (Å²) in [4.78, 5) is 14.3. The van der Waals surface area contributed by atoms with E-state index in [1.165, 1.54) is 0 Å². The van der Waals surface area contributed by atoms with Crippen LogP contribution in [0, 0.1) is 11.8 Å². The first-order chi connectivity index (χ1) is 9.92. The van der Waals surface area contributed by atoms with Crippen molar-refractivity contribution in [3.63, 3.8) is 0 Å². The molecule has 1 heterocycles. The van der Waals surface area contributed by atoms with Crippen molar-refractivity contribution in [3.05, 3.63) is 29.3 Å². The van der Waals surface area contributed by atoms with Gasteiger partial charge in [-0.2, -0.15) is 0 Å². The van der Waals surface area contributed by atoms with E-state index < -0.39 is 0 Å². The summed E-state index contributed by atoms with van der Waals surface area (Å²) in [7, 11) is 1.59. The van der Waals surface area contributed by atoms with Crippen molar-refractivity contribution in [3.8, 4) is 5.75 Å². The lowest BCUT2D eigenvalue weighted by Crippen LogP contribution is -2.25. The topological polar surface area (TPSA) is 55.6 Å². The molecule has 1 saturated heterocycles. The van der Waals surface area contributed by atoms with Crippen LogP contribution in [-0.4, -0.2) is 29.5 Å². The molecule has 1 aromatic rings. The maximum absolute atomic E-state index is 12.1. The Labute approximate surface area is 131 Å². The first-order valence-electron chi connectivity index (χ1n) is 7.17. The molecule has 21 heavy (non-hydrogen) atoms. The normalized spacial score (nSPS) is 18.4. The Balaban J connectivity index is 2.13. The van der Waals surface area contributed by atoms with Crippen LogP contribution in [0.5, 0.6) is 5.75 Å². The highest BCUT2D eigenvalue weighted by Gasteiger charge is 2.31. The smallest absolute Gasteiger partial charge is 0.223 e. The van der Waals surface area contributed by atoms with Crippen LogP contribution < -0.4 is 10.5 Å². The average molecular weight is 306 g/mol. The molecule has 0 saturated carbocycles. The number of rotatable bonds is 5. The minimum Gasteiger partial charge on any atom is -0.496 e. The molecule has 5 heteroatoms. The van der Waals surface area contributed by atoms with Crippen LogP contribution in [0.1, 0.15) is 31.4 Å². The van der Waals surface area contributed by atoms with Gasteiger partial charge in [0.05, 0.1) is 12.7 Å². The summed E-state index contributed by atoms with van der Waals surface area (Å²) in [6, 6.07) is 5.72. The lowest BCUT2D eigenvalue weighted by atomic mass is 9.95. The second-order valence-corrected chi connectivity index (χ2v) is 6.32. The number of carbonyl (C=O) groups excluding carboxylic acids is 1. The highest BCUT2D eigenvalue weighted by molar-refractivity contribution is 7.80. The zero-order valence-corrected chi connectivity index (χ0v) is 13.6. The summed E-state index contributed by atoms with van der Waals surface area (Å²) in [6.45, 7) is 5.77. The number of thiocarbonyl (C=S) groups is 1. The van der Waals surface area contributed by atoms with Crippen LogP contribution >= 0.6 is 12.2 Å². The fourth-order valence-electron chi connectivity index (χ4n) is 2.66. The Bertz CT molecular complexity index is 557. The van der Waals surface area contributed by atoms with Gasteiger partial charge in [0.25, 0.3) is 0 Å². The van der Waals surface area contributed by atoms with Crippen molar-refractivity contribution in [2.24, 2.45) is 17.6 Å². The van der Waals surface area contributed by atoms with E-state index in [1.807, 2.05) is 23.1 Å². The Morgan fingerprint density at radius 1 is 1.52 bits per heavy atom. The molecule has 0 spiro atoms. The predicted molar refractivity (Wildman–Crippen MR) is 87.2 cm³/mol. The first-order valence-corrected chi connectivity index (χ1v) is 7.57. The van der Waals surface area contributed by atoms with Crippen molar-refractivity contribution in [1.29, 1.82) is 0 Å². The van der Waals surface area contributed by atoms with Gasteiger partial charge in [-0.1, -0.05) is 32.1 Å². The highest BCUT2D eigenvalue weighted by atomic mass is 32.1. The van der Waals surface area contributed by atoms with Gasteiger partial charge in [0, 0.05) is 19.5 Å². The second-order valence-electron chi connectivity index (χ2n) is 5.88. The van der Waals surface area contributed by atoms with Crippen LogP contribution in [0.4, 0.5) is 0 Å². The average Bonchev–Trinajstić information content (AvgIpc) is 2.80. The quantitative estimate of drug-likeness (QED) is 0.848. The van der Waals surface area contributed by atoms with Gasteiger partial charge in [-0.05, 0) is 29.5 Å². The van der Waals surface area contributed by atoms with Gasteiger partial charge in [-0.25, -0.2) is 0 Å². The first kappa shape index (κ1) is 15.8. The van der Waals surface area contributed by atoms with E-state index in [2.05, 4.69) is 13.8 Å². The van der Waals surface area contributed by atoms with Gasteiger partial charge in [-0.3, -0.25) is 4.79 Å². The number of carbonyl (C=O) groups is 1. The van der Waals surface area contributed by atoms with E-state index >= 15 is 0 Å². The number of hydrogen-bond donors (Lipinski definition) is 1. The SMILES string of the molecule is COc1cc(CN2CC(C(C)C)CC2=O)ccc1C(N)=S. The fraction of sp³-hybridized carbons (Fsp3) is 0.500. The lowest BCUT2D eigenvalue weighted by molar-refractivity contribution is -0.128. The van der Waals surface area contributed by atoms with E-state index in [4.69, 9.17) is 22.7 Å². The predicted octanol–water partition coefficient (Wildman–Crippen LogP) is 2.33. The largest absolute Gasteiger partial charge is 0.496 e. The van der Waals surface area contributed by atoms with Crippen LogP contribution in [-0.2, 0) is 11.3 Å². The van der Waals surface area contributed by atoms with Crippen LogP contribution in [0.15, 0.2) is 18.2 Å². The molecular formula is C16H22N2O2S. The lowest BCUT2D eigenvalue weighted by Gasteiger charge is -2.19. The molecule has 0 bridgehead atoms. The molecule has 1 unspecified atom stereocenters. The standard InChI is InChI=1S/C16H22N2O2S/c1-10(2)12-7-15(19)18(9-12)8-11-4-5-13(16(17)21)14(6-11)20-3/h4-6,10,12H,7-9H2,1-3H3,(H2,17,21). The molecule has 1 aliphatic rings. The van der Waals surface area contributed by atoms with Crippen molar-refractivity contribution in [2.75, 3.05) is 13.7 Å². The van der Waals surface area contributed by atoms with Gasteiger partial charge in [0.1, 0.15) is 10.7 Å². The molecule has 114 valence electrons. The number of benzene rings is 1. The van der Waals surface area contributed by atoms with Crippen molar-refractivity contribution in [2.45, 2.75) is 26.8 Å². The van der Waals surface area contributed by atoms with E-state index in [9.17, 15) is 4.79 Å². The Morgan fingerprint density at radius 2 is 2.24 bits per heavy atom. The fourth-order valence-corrected chi connectivity index (χ4v) is 2.83. The summed E-state index contributed by atoms with van der Waals surface area (Å²) >= 11 is 5.00. The zero-order chi connectivity index (χ0) is 15.6. The third-order valence-corrected chi connectivity index (χ3v) is 4.31. The monoisotopic (exact) mass is 306 g/mol. The maximum Gasteiger partial charge on any atom is 0.223 e. The third-order valence-electron chi connectivity index (χ3n) is 4.09. The molecule has 4 nitrogen and oxygen atoms in total.